The average Bonchev–Trinajstić information content (AvgIpc) is 3.57. The van der Waals surface area contributed by atoms with Gasteiger partial charge in [0.1, 0.15) is 35.0 Å². The van der Waals surface area contributed by atoms with Crippen molar-refractivity contribution in [1.82, 2.24) is 9.38 Å². The van der Waals surface area contributed by atoms with Crippen molar-refractivity contribution in [3.8, 4) is 11.5 Å². The minimum absolute atomic E-state index is 0.0417. The molecule has 0 spiro atoms. The molecule has 57 heavy (non-hydrogen) atoms. The second-order valence-corrected chi connectivity index (χ2v) is 13.6. The van der Waals surface area contributed by atoms with E-state index in [0.29, 0.717) is 30.6 Å². The van der Waals surface area contributed by atoms with Gasteiger partial charge in [0.05, 0.1) is 30.1 Å². The van der Waals surface area contributed by atoms with E-state index in [9.17, 15) is 24.0 Å². The van der Waals surface area contributed by atoms with Gasteiger partial charge in [0, 0.05) is 72.1 Å². The average molecular weight is 804 g/mol. The third-order valence-electron chi connectivity index (χ3n) is 7.94. The van der Waals surface area contributed by atoms with E-state index in [4.69, 9.17) is 47.8 Å². The van der Waals surface area contributed by atoms with Crippen LogP contribution in [0, 0.1) is 0 Å². The zero-order valence-electron chi connectivity index (χ0n) is 33.6. The summed E-state index contributed by atoms with van der Waals surface area (Å²) in [6.07, 6.45) is 2.28. The van der Waals surface area contributed by atoms with E-state index in [1.54, 1.807) is 19.4 Å². The van der Waals surface area contributed by atoms with Crippen LogP contribution in [0.5, 0.6) is 11.5 Å². The lowest BCUT2D eigenvalue weighted by Crippen LogP contribution is -2.44. The standard InChI is InChI=1S/C24H30O11.C9H9N3O.C5H12O.CH2O2/c1-13-7-18(31-14(2)26)10-22(30-13)34-20-8-17(6-5-16(20)12-25)33-23-11-19(32-15(3)27)9-21(35-23)24(28)29-4;1-10-7-2-3-9-11-8(6-13)5-12(9)4-7;1-5(2,3)6-4;2-1-3/h5-6,8,12-13,18-19,21-23H,7,9-11H2,1-4H3;2-6,10H,1H3;1-4H3;1H,(H,2,3). The molecule has 2 aliphatic heterocycles. The molecular weight excluding hydrogens is 750 g/mol. The van der Waals surface area contributed by atoms with E-state index in [1.807, 2.05) is 57.5 Å². The summed E-state index contributed by atoms with van der Waals surface area (Å²) in [5, 5.41) is 9.90. The second kappa shape index (κ2) is 23.5. The Labute approximate surface area is 331 Å². The van der Waals surface area contributed by atoms with Gasteiger partial charge in [-0.2, -0.15) is 0 Å². The minimum Gasteiger partial charge on any atom is -0.483 e. The van der Waals surface area contributed by atoms with E-state index in [2.05, 4.69) is 10.3 Å². The zero-order valence-corrected chi connectivity index (χ0v) is 33.6. The lowest BCUT2D eigenvalue weighted by Gasteiger charge is -2.34. The first kappa shape index (κ1) is 47.6. The van der Waals surface area contributed by atoms with E-state index in [1.165, 1.54) is 33.1 Å². The molecule has 0 bridgehead atoms. The minimum atomic E-state index is -0.969. The van der Waals surface area contributed by atoms with Crippen LogP contribution in [0.2, 0.25) is 0 Å². The first-order valence-corrected chi connectivity index (χ1v) is 17.9. The number of aromatic nitrogens is 2. The van der Waals surface area contributed by atoms with E-state index in [0.717, 1.165) is 17.6 Å². The summed E-state index contributed by atoms with van der Waals surface area (Å²) in [7, 11) is 4.79. The van der Waals surface area contributed by atoms with Crippen LogP contribution in [0.15, 0.2) is 42.7 Å². The Morgan fingerprint density at radius 2 is 1.47 bits per heavy atom. The van der Waals surface area contributed by atoms with Gasteiger partial charge in [-0.1, -0.05) is 0 Å². The molecule has 2 saturated heterocycles. The van der Waals surface area contributed by atoms with Gasteiger partial charge in [0.15, 0.2) is 18.7 Å². The zero-order chi connectivity index (χ0) is 42.7. The van der Waals surface area contributed by atoms with Gasteiger partial charge < -0.3 is 52.7 Å². The van der Waals surface area contributed by atoms with Crippen molar-refractivity contribution >= 4 is 48.3 Å². The fraction of sp³-hybridized carbons (Fsp3) is 0.513. The summed E-state index contributed by atoms with van der Waals surface area (Å²) in [5.41, 5.74) is 2.52. The number of carboxylic acid groups (broad SMARTS) is 1. The van der Waals surface area contributed by atoms with Crippen LogP contribution in [0.1, 0.15) is 88.1 Å². The highest BCUT2D eigenvalue weighted by atomic mass is 16.7. The quantitative estimate of drug-likeness (QED) is 0.162. The van der Waals surface area contributed by atoms with Gasteiger partial charge in [-0.3, -0.25) is 24.0 Å². The van der Waals surface area contributed by atoms with E-state index >= 15 is 0 Å². The molecule has 18 heteroatoms. The van der Waals surface area contributed by atoms with Crippen LogP contribution in [-0.4, -0.2) is 115 Å². The maximum atomic E-state index is 12.0. The molecule has 2 aromatic heterocycles. The molecule has 0 amide bonds. The molecule has 0 radical (unpaired) electrons. The number of benzene rings is 1. The van der Waals surface area contributed by atoms with Gasteiger partial charge in [0.2, 0.25) is 12.6 Å². The number of aldehydes is 2. The van der Waals surface area contributed by atoms with Crippen LogP contribution in [0.3, 0.4) is 0 Å². The number of nitrogens with one attached hydrogen (secondary N) is 1. The predicted molar refractivity (Wildman–Crippen MR) is 203 cm³/mol. The number of hydrogen-bond acceptors (Lipinski definition) is 16. The fourth-order valence-corrected chi connectivity index (χ4v) is 5.29. The number of pyridine rings is 1. The molecule has 2 aliphatic rings. The molecular formula is C39H53N3O15. The number of carbonyl (C=O) groups excluding carboxylic acids is 5. The number of anilines is 1. The van der Waals surface area contributed by atoms with Gasteiger partial charge in [-0.25, -0.2) is 9.78 Å². The van der Waals surface area contributed by atoms with Gasteiger partial charge in [0.25, 0.3) is 6.47 Å². The lowest BCUT2D eigenvalue weighted by atomic mass is 10.0. The third kappa shape index (κ3) is 17.0. The van der Waals surface area contributed by atoms with Crippen LogP contribution in [0.25, 0.3) is 5.65 Å². The van der Waals surface area contributed by atoms with Crippen LogP contribution < -0.4 is 14.8 Å². The van der Waals surface area contributed by atoms with Crippen LogP contribution >= 0.6 is 0 Å². The number of hydrogen-bond donors (Lipinski definition) is 2. The van der Waals surface area contributed by atoms with Crippen molar-refractivity contribution in [1.29, 1.82) is 0 Å². The number of ether oxygens (including phenoxy) is 8. The number of rotatable bonds is 10. The Morgan fingerprint density at radius 3 is 2.00 bits per heavy atom. The van der Waals surface area contributed by atoms with Crippen molar-refractivity contribution in [3.63, 3.8) is 0 Å². The number of imidazole rings is 1. The molecule has 18 nitrogen and oxygen atoms in total. The number of carbonyl (C=O) groups is 6. The molecule has 5 rings (SSSR count). The molecule has 0 saturated carbocycles. The summed E-state index contributed by atoms with van der Waals surface area (Å²) in [6, 6.07) is 8.33. The SMILES string of the molecule is CNc1ccc2nc(C=O)cn2c1.COC(=O)C1CC(OC(C)=O)CC(Oc2ccc(C=O)c(OC3CC(OC(C)=O)CC(C)O3)c2)O1.COC(C)(C)C.O=CO. The van der Waals surface area contributed by atoms with Crippen molar-refractivity contribution in [2.75, 3.05) is 26.6 Å². The molecule has 1 aromatic carbocycles. The number of fused-ring (bicyclic) bond motifs is 1. The van der Waals surface area contributed by atoms with Gasteiger partial charge in [-0.15, -0.1) is 0 Å². The molecule has 314 valence electrons. The predicted octanol–water partition coefficient (Wildman–Crippen LogP) is 4.64. The summed E-state index contributed by atoms with van der Waals surface area (Å²) >= 11 is 0. The summed E-state index contributed by atoms with van der Waals surface area (Å²) in [5.74, 6) is -0.990. The maximum Gasteiger partial charge on any atom is 0.335 e. The largest absolute Gasteiger partial charge is 0.483 e. The second-order valence-electron chi connectivity index (χ2n) is 13.6. The van der Waals surface area contributed by atoms with Crippen LogP contribution in [-0.2, 0) is 47.6 Å². The Balaban J connectivity index is 0.000000413. The smallest absolute Gasteiger partial charge is 0.335 e. The summed E-state index contributed by atoms with van der Waals surface area (Å²) < 4.78 is 45.4. The number of methoxy groups -OCH3 is 2. The highest BCUT2D eigenvalue weighted by Crippen LogP contribution is 2.32. The normalized spacial score (nSPS) is 21.2. The summed E-state index contributed by atoms with van der Waals surface area (Å²) in [4.78, 5) is 69.3. The molecule has 6 atom stereocenters. The summed E-state index contributed by atoms with van der Waals surface area (Å²) in [6.45, 7) is 10.3. The Morgan fingerprint density at radius 1 is 0.877 bits per heavy atom. The third-order valence-corrected chi connectivity index (χ3v) is 7.94. The molecule has 6 unspecified atom stereocenters. The Bertz CT molecular complexity index is 1770. The van der Waals surface area contributed by atoms with Gasteiger partial charge in [-0.05, 0) is 52.0 Å². The van der Waals surface area contributed by atoms with Gasteiger partial charge >= 0.3 is 17.9 Å². The van der Waals surface area contributed by atoms with E-state index in [-0.39, 0.29) is 48.4 Å². The molecule has 2 N–H and O–H groups in total. The molecule has 4 heterocycles. The highest BCUT2D eigenvalue weighted by Gasteiger charge is 2.37. The van der Waals surface area contributed by atoms with Crippen molar-refractivity contribution in [2.45, 2.75) is 110 Å². The van der Waals surface area contributed by atoms with Crippen molar-refractivity contribution in [3.05, 3.63) is 54.0 Å². The lowest BCUT2D eigenvalue weighted by molar-refractivity contribution is -0.204. The maximum absolute atomic E-state index is 12.0. The molecule has 0 aliphatic carbocycles. The first-order valence-electron chi connectivity index (χ1n) is 17.9. The van der Waals surface area contributed by atoms with Crippen LogP contribution in [0.4, 0.5) is 5.69 Å². The fourth-order valence-electron chi connectivity index (χ4n) is 5.29. The Kier molecular flexibility index (Phi) is 19.6. The molecule has 2 fully saturated rings. The Hall–Kier alpha value is -5.59. The topological polar surface area (TPSA) is 226 Å². The number of nitrogens with zero attached hydrogens (tertiary/aromatic N) is 2. The number of esters is 3. The monoisotopic (exact) mass is 803 g/mol. The van der Waals surface area contributed by atoms with Crippen molar-refractivity contribution in [2.24, 2.45) is 0 Å². The first-order chi connectivity index (χ1) is 27.0. The molecule has 3 aromatic rings. The van der Waals surface area contributed by atoms with Crippen molar-refractivity contribution < 1.29 is 71.8 Å². The highest BCUT2D eigenvalue weighted by molar-refractivity contribution is 5.80. The van der Waals surface area contributed by atoms with E-state index < -0.39 is 42.7 Å².